The molecule has 3 rings (SSSR count). The zero-order valence-electron chi connectivity index (χ0n) is 10.9. The topological polar surface area (TPSA) is 59.1 Å². The van der Waals surface area contributed by atoms with E-state index in [9.17, 15) is 4.79 Å². The number of hydrogen-bond donors (Lipinski definition) is 1. The third-order valence-corrected chi connectivity index (χ3v) is 3.02. The summed E-state index contributed by atoms with van der Waals surface area (Å²) >= 11 is 0. The van der Waals surface area contributed by atoms with Crippen LogP contribution in [-0.4, -0.2) is 12.4 Å². The minimum Gasteiger partial charge on any atom is -0.497 e. The van der Waals surface area contributed by atoms with E-state index in [1.165, 1.54) is 0 Å². The number of aromatic nitrogens is 2. The van der Waals surface area contributed by atoms with E-state index in [1.54, 1.807) is 11.8 Å². The maximum Gasteiger partial charge on any atom is 0.435 e. The molecule has 20 heavy (non-hydrogen) atoms. The Kier molecular flexibility index (Phi) is 3.09. The molecule has 0 saturated heterocycles. The largest absolute Gasteiger partial charge is 0.497 e. The summed E-state index contributed by atoms with van der Waals surface area (Å²) in [7, 11) is 1.61. The molecule has 1 heterocycles. The Balaban J connectivity index is 2.13. The van der Waals surface area contributed by atoms with Crippen molar-refractivity contribution in [2.45, 2.75) is 0 Å². The zero-order chi connectivity index (χ0) is 13.9. The van der Waals surface area contributed by atoms with Crippen molar-refractivity contribution in [3.63, 3.8) is 0 Å². The Morgan fingerprint density at radius 1 is 1.05 bits per heavy atom. The van der Waals surface area contributed by atoms with E-state index in [4.69, 9.17) is 9.26 Å². The van der Waals surface area contributed by atoms with Crippen LogP contribution in [0.1, 0.15) is 0 Å². The standard InChI is InChI=1S/C15H12N2O3/c1-19-13-9-7-12(8-10-13)17-14(15(18)20-16-17)11-5-3-2-4-6-11/h2-10H,1H3/p+1. The molecule has 0 aliphatic carbocycles. The Morgan fingerprint density at radius 3 is 2.40 bits per heavy atom. The molecule has 0 saturated carbocycles. The molecule has 0 bridgehead atoms. The van der Waals surface area contributed by atoms with Crippen LogP contribution in [0.2, 0.25) is 0 Å². The van der Waals surface area contributed by atoms with Gasteiger partial charge in [-0.2, -0.15) is 0 Å². The van der Waals surface area contributed by atoms with Crippen molar-refractivity contribution >= 4 is 0 Å². The fourth-order valence-electron chi connectivity index (χ4n) is 2.03. The monoisotopic (exact) mass is 269 g/mol. The Morgan fingerprint density at radius 2 is 1.75 bits per heavy atom. The lowest BCUT2D eigenvalue weighted by Gasteiger charge is -1.98. The van der Waals surface area contributed by atoms with Gasteiger partial charge in [0.15, 0.2) is 0 Å². The number of H-pyrrole nitrogens is 1. The smallest absolute Gasteiger partial charge is 0.435 e. The molecule has 0 unspecified atom stereocenters. The fourth-order valence-corrected chi connectivity index (χ4v) is 2.03. The Bertz CT molecular complexity index is 758. The van der Waals surface area contributed by atoms with E-state index in [1.807, 2.05) is 54.6 Å². The van der Waals surface area contributed by atoms with Gasteiger partial charge in [-0.15, -0.1) is 0 Å². The summed E-state index contributed by atoms with van der Waals surface area (Å²) in [5, 5.41) is 2.61. The summed E-state index contributed by atoms with van der Waals surface area (Å²) in [6, 6.07) is 16.7. The highest BCUT2D eigenvalue weighted by Gasteiger charge is 2.24. The van der Waals surface area contributed by atoms with Crippen LogP contribution in [-0.2, 0) is 0 Å². The average molecular weight is 269 g/mol. The molecule has 0 aliphatic rings. The summed E-state index contributed by atoms with van der Waals surface area (Å²) < 4.78 is 11.6. The second kappa shape index (κ2) is 5.05. The van der Waals surface area contributed by atoms with Gasteiger partial charge in [-0.1, -0.05) is 18.2 Å². The number of hydrogen-bond acceptors (Lipinski definition) is 3. The number of ether oxygens (including phenoxy) is 1. The molecule has 0 radical (unpaired) electrons. The lowest BCUT2D eigenvalue weighted by Crippen LogP contribution is -2.36. The van der Waals surface area contributed by atoms with E-state index in [-0.39, 0.29) is 0 Å². The summed E-state index contributed by atoms with van der Waals surface area (Å²) in [5.74, 6) is 0.751. The second-order valence-electron chi connectivity index (χ2n) is 4.23. The predicted molar refractivity (Wildman–Crippen MR) is 72.8 cm³/mol. The van der Waals surface area contributed by atoms with Gasteiger partial charge in [0.05, 0.1) is 12.7 Å². The molecule has 0 aliphatic heterocycles. The maximum atomic E-state index is 11.9. The van der Waals surface area contributed by atoms with Crippen LogP contribution in [0, 0.1) is 0 Å². The first-order chi connectivity index (χ1) is 9.79. The highest BCUT2D eigenvalue weighted by molar-refractivity contribution is 5.54. The highest BCUT2D eigenvalue weighted by Crippen LogP contribution is 2.15. The number of nitrogens with one attached hydrogen (secondary N) is 1. The first-order valence-electron chi connectivity index (χ1n) is 6.13. The van der Waals surface area contributed by atoms with Gasteiger partial charge >= 0.3 is 11.3 Å². The lowest BCUT2D eigenvalue weighted by molar-refractivity contribution is -0.660. The molecule has 0 spiro atoms. The van der Waals surface area contributed by atoms with Crippen LogP contribution >= 0.6 is 0 Å². The van der Waals surface area contributed by atoms with Gasteiger partial charge in [0.25, 0.3) is 0 Å². The van der Waals surface area contributed by atoms with Crippen LogP contribution in [0.4, 0.5) is 0 Å². The number of nitrogens with zero attached hydrogens (tertiary/aromatic N) is 1. The highest BCUT2D eigenvalue weighted by atomic mass is 16.5. The summed E-state index contributed by atoms with van der Waals surface area (Å²) in [6.45, 7) is 0. The first kappa shape index (κ1) is 12.2. The number of rotatable bonds is 3. The van der Waals surface area contributed by atoms with Crippen molar-refractivity contribution in [2.75, 3.05) is 7.11 Å². The van der Waals surface area contributed by atoms with E-state index >= 15 is 0 Å². The molecular weight excluding hydrogens is 256 g/mol. The van der Waals surface area contributed by atoms with Crippen molar-refractivity contribution < 1.29 is 13.9 Å². The quantitative estimate of drug-likeness (QED) is 0.739. The van der Waals surface area contributed by atoms with Crippen LogP contribution in [0.3, 0.4) is 0 Å². The maximum absolute atomic E-state index is 11.9. The molecule has 100 valence electrons. The molecule has 3 aromatic rings. The number of benzene rings is 2. The molecule has 5 nitrogen and oxygen atoms in total. The van der Waals surface area contributed by atoms with Crippen LogP contribution < -0.4 is 15.0 Å². The molecule has 0 atom stereocenters. The van der Waals surface area contributed by atoms with Gasteiger partial charge in [0, 0.05) is 12.1 Å². The van der Waals surface area contributed by atoms with E-state index in [0.29, 0.717) is 5.69 Å². The van der Waals surface area contributed by atoms with E-state index in [2.05, 4.69) is 5.27 Å². The first-order valence-corrected chi connectivity index (χ1v) is 6.13. The van der Waals surface area contributed by atoms with Crippen molar-refractivity contribution in [3.05, 3.63) is 65.0 Å². The summed E-state index contributed by atoms with van der Waals surface area (Å²) in [4.78, 5) is 11.9. The van der Waals surface area contributed by atoms with Gasteiger partial charge in [-0.3, -0.25) is 4.52 Å². The number of methoxy groups -OCH3 is 1. The Labute approximate surface area is 115 Å². The second-order valence-corrected chi connectivity index (χ2v) is 4.23. The Hall–Kier alpha value is -2.82. The van der Waals surface area contributed by atoms with Crippen molar-refractivity contribution in [1.82, 2.24) is 5.27 Å². The van der Waals surface area contributed by atoms with Gasteiger partial charge in [-0.25, -0.2) is 4.79 Å². The molecule has 1 N–H and O–H groups in total. The normalized spacial score (nSPS) is 10.4. The predicted octanol–water partition coefficient (Wildman–Crippen LogP) is 1.92. The zero-order valence-corrected chi connectivity index (χ0v) is 10.9. The molecular formula is C15H13N2O3+. The van der Waals surface area contributed by atoms with E-state index < -0.39 is 5.63 Å². The van der Waals surface area contributed by atoms with Crippen molar-refractivity contribution in [1.29, 1.82) is 0 Å². The average Bonchev–Trinajstić information content (AvgIpc) is 2.90. The fraction of sp³-hybridized carbons (Fsp3) is 0.0667. The van der Waals surface area contributed by atoms with Gasteiger partial charge < -0.3 is 4.74 Å². The minimum atomic E-state index is -0.410. The lowest BCUT2D eigenvalue weighted by atomic mass is 10.1. The minimum absolute atomic E-state index is 0.410. The van der Waals surface area contributed by atoms with Crippen LogP contribution in [0.25, 0.3) is 16.9 Å². The summed E-state index contributed by atoms with van der Waals surface area (Å²) in [6.07, 6.45) is 0. The molecule has 0 amide bonds. The van der Waals surface area contributed by atoms with Crippen LogP contribution in [0.5, 0.6) is 5.75 Å². The van der Waals surface area contributed by atoms with Gasteiger partial charge in [0.1, 0.15) is 5.75 Å². The third-order valence-electron chi connectivity index (χ3n) is 3.02. The van der Waals surface area contributed by atoms with Crippen LogP contribution in [0.15, 0.2) is 63.9 Å². The SMILES string of the molecule is COc1ccc(-[n+]2[nH]oc(=O)c2-c2ccccc2)cc1. The van der Waals surface area contributed by atoms with Crippen molar-refractivity contribution in [3.8, 4) is 22.7 Å². The summed E-state index contributed by atoms with van der Waals surface area (Å²) in [5.41, 5.74) is 1.62. The number of aromatic amines is 1. The van der Waals surface area contributed by atoms with Gasteiger partial charge in [0.2, 0.25) is 5.69 Å². The van der Waals surface area contributed by atoms with Gasteiger partial charge in [-0.05, 0) is 34.2 Å². The molecule has 2 aromatic carbocycles. The van der Waals surface area contributed by atoms with E-state index in [0.717, 1.165) is 17.0 Å². The third kappa shape index (κ3) is 2.09. The molecule has 1 aromatic heterocycles. The molecule has 5 heteroatoms. The van der Waals surface area contributed by atoms with Crippen molar-refractivity contribution in [2.24, 2.45) is 0 Å². The molecule has 0 fully saturated rings.